The molecule has 12 rings (SSSR count). The van der Waals surface area contributed by atoms with Crippen LogP contribution in [0.1, 0.15) is 22.3 Å². The number of hydrogen-bond acceptors (Lipinski definition) is 2. The van der Waals surface area contributed by atoms with Crippen molar-refractivity contribution in [3.05, 3.63) is 210 Å². The lowest BCUT2D eigenvalue weighted by Crippen LogP contribution is -2.26. The summed E-state index contributed by atoms with van der Waals surface area (Å²) >= 11 is 1.86. The molecule has 1 heterocycles. The van der Waals surface area contributed by atoms with Crippen LogP contribution in [-0.2, 0) is 5.41 Å². The van der Waals surface area contributed by atoms with Crippen LogP contribution in [0, 0.1) is 0 Å². The molecule has 2 heteroatoms. The van der Waals surface area contributed by atoms with Gasteiger partial charge in [-0.15, -0.1) is 11.3 Å². The maximum atomic E-state index is 2.41. The average Bonchev–Trinajstić information content (AvgIpc) is 3.85. The number of benzene rings is 9. The SMILES string of the molecule is c1ccc(N(c2ccc3c4c(ccc3c2)-c2c(ccc3ccccc23)C42c3ccccc3-c3ccccc32)c2ccc3sc4ccccc4c3c2)cc1. The van der Waals surface area contributed by atoms with E-state index in [1.54, 1.807) is 0 Å². The second-order valence-electron chi connectivity index (χ2n) is 14.4. The first kappa shape index (κ1) is 29.1. The first-order valence-corrected chi connectivity index (χ1v) is 19.2. The first-order valence-electron chi connectivity index (χ1n) is 18.3. The number of rotatable bonds is 3. The second-order valence-corrected chi connectivity index (χ2v) is 15.5. The Morgan fingerprint density at radius 1 is 0.358 bits per heavy atom. The highest BCUT2D eigenvalue weighted by molar-refractivity contribution is 7.25. The molecule has 0 aliphatic heterocycles. The van der Waals surface area contributed by atoms with Gasteiger partial charge in [0.1, 0.15) is 0 Å². The predicted octanol–water partition coefficient (Wildman–Crippen LogP) is 14.2. The van der Waals surface area contributed by atoms with Crippen LogP contribution in [-0.4, -0.2) is 0 Å². The molecule has 0 unspecified atom stereocenters. The lowest BCUT2D eigenvalue weighted by atomic mass is 9.69. The number of para-hydroxylation sites is 1. The summed E-state index contributed by atoms with van der Waals surface area (Å²) in [5, 5.41) is 7.73. The third kappa shape index (κ3) is 3.86. The van der Waals surface area contributed by atoms with Gasteiger partial charge in [-0.3, -0.25) is 0 Å². The highest BCUT2D eigenvalue weighted by Gasteiger charge is 2.52. The molecule has 1 spiro atoms. The van der Waals surface area contributed by atoms with Gasteiger partial charge >= 0.3 is 0 Å². The van der Waals surface area contributed by atoms with Gasteiger partial charge in [0.05, 0.1) is 5.41 Å². The summed E-state index contributed by atoms with van der Waals surface area (Å²) < 4.78 is 2.63. The fraction of sp³-hybridized carbons (Fsp3) is 0.0196. The van der Waals surface area contributed by atoms with Gasteiger partial charge in [-0.1, -0.05) is 140 Å². The molecule has 1 aromatic heterocycles. The Labute approximate surface area is 311 Å². The van der Waals surface area contributed by atoms with Crippen molar-refractivity contribution in [1.29, 1.82) is 0 Å². The van der Waals surface area contributed by atoms with Crippen molar-refractivity contribution in [1.82, 2.24) is 0 Å². The summed E-state index contributed by atoms with van der Waals surface area (Å²) in [4.78, 5) is 2.41. The zero-order valence-electron chi connectivity index (χ0n) is 28.8. The lowest BCUT2D eigenvalue weighted by molar-refractivity contribution is 0.802. The average molecular weight is 690 g/mol. The summed E-state index contributed by atoms with van der Waals surface area (Å²) in [6.45, 7) is 0. The van der Waals surface area contributed by atoms with Crippen LogP contribution in [0.4, 0.5) is 17.1 Å². The fourth-order valence-corrected chi connectivity index (χ4v) is 10.8. The van der Waals surface area contributed by atoms with Crippen molar-refractivity contribution in [2.24, 2.45) is 0 Å². The lowest BCUT2D eigenvalue weighted by Gasteiger charge is -2.32. The number of hydrogen-bond donors (Lipinski definition) is 0. The van der Waals surface area contributed by atoms with Gasteiger partial charge in [-0.2, -0.15) is 0 Å². The normalized spacial score (nSPS) is 13.4. The molecule has 1 nitrogen and oxygen atoms in total. The van der Waals surface area contributed by atoms with Crippen molar-refractivity contribution in [2.75, 3.05) is 4.90 Å². The van der Waals surface area contributed by atoms with E-state index in [0.717, 1.165) is 17.1 Å². The monoisotopic (exact) mass is 689 g/mol. The van der Waals surface area contributed by atoms with E-state index in [4.69, 9.17) is 0 Å². The van der Waals surface area contributed by atoms with Gasteiger partial charge in [-0.05, 0) is 115 Å². The van der Waals surface area contributed by atoms with E-state index < -0.39 is 5.41 Å². The van der Waals surface area contributed by atoms with Crippen molar-refractivity contribution in [2.45, 2.75) is 5.41 Å². The van der Waals surface area contributed by atoms with E-state index in [2.05, 4.69) is 193 Å². The van der Waals surface area contributed by atoms with E-state index in [0.29, 0.717) is 0 Å². The van der Waals surface area contributed by atoms with E-state index in [1.807, 2.05) is 11.3 Å². The summed E-state index contributed by atoms with van der Waals surface area (Å²) in [6, 6.07) is 70.2. The Hall–Kier alpha value is -6.48. The zero-order chi connectivity index (χ0) is 34.7. The van der Waals surface area contributed by atoms with Gasteiger partial charge in [0.15, 0.2) is 0 Å². The molecule has 2 aliphatic rings. The summed E-state index contributed by atoms with van der Waals surface area (Å²) in [7, 11) is 0. The van der Waals surface area contributed by atoms with E-state index in [-0.39, 0.29) is 0 Å². The van der Waals surface area contributed by atoms with Crippen LogP contribution in [0.15, 0.2) is 188 Å². The number of fused-ring (bicyclic) bond motifs is 17. The Kier molecular flexibility index (Phi) is 5.92. The van der Waals surface area contributed by atoms with Gasteiger partial charge in [0.2, 0.25) is 0 Å². The van der Waals surface area contributed by atoms with Gasteiger partial charge in [0, 0.05) is 37.2 Å². The van der Waals surface area contributed by atoms with Crippen LogP contribution in [0.25, 0.3) is 64.0 Å². The summed E-state index contributed by atoms with van der Waals surface area (Å²) in [5.41, 5.74) is 13.9. The van der Waals surface area contributed by atoms with Crippen LogP contribution in [0.5, 0.6) is 0 Å². The summed E-state index contributed by atoms with van der Waals surface area (Å²) in [6.07, 6.45) is 0. The van der Waals surface area contributed by atoms with Crippen molar-refractivity contribution >= 4 is 70.1 Å². The minimum atomic E-state index is -0.424. The molecule has 0 radical (unpaired) electrons. The first-order chi connectivity index (χ1) is 26.3. The van der Waals surface area contributed by atoms with Crippen LogP contribution in [0.3, 0.4) is 0 Å². The molecule has 246 valence electrons. The molecule has 53 heavy (non-hydrogen) atoms. The number of nitrogens with zero attached hydrogens (tertiary/aromatic N) is 1. The molecule has 9 aromatic carbocycles. The number of thiophene rings is 1. The van der Waals surface area contributed by atoms with E-state index in [1.165, 1.54) is 86.2 Å². The quantitative estimate of drug-likeness (QED) is 0.178. The largest absolute Gasteiger partial charge is 0.310 e. The number of anilines is 3. The maximum absolute atomic E-state index is 2.41. The third-order valence-electron chi connectivity index (χ3n) is 11.8. The summed E-state index contributed by atoms with van der Waals surface area (Å²) in [5.74, 6) is 0. The standard InChI is InChI=1S/C51H31NS/c1-2-13-34(14-3-1)52(36-25-29-48-43(31-36)41-18-8-11-21-47(41)53-48)35-24-27-38-33(30-35)22-26-42-49-37-15-5-4-12-32(37)23-28-46(49)51(50(38)42)44-19-9-6-16-39(44)40-17-7-10-20-45(40)51/h1-31H. The molecule has 0 atom stereocenters. The van der Waals surface area contributed by atoms with Gasteiger partial charge < -0.3 is 4.90 Å². The molecule has 0 N–H and O–H groups in total. The predicted molar refractivity (Wildman–Crippen MR) is 225 cm³/mol. The van der Waals surface area contributed by atoms with Gasteiger partial charge in [0.25, 0.3) is 0 Å². The van der Waals surface area contributed by atoms with Crippen molar-refractivity contribution in [3.8, 4) is 22.3 Å². The maximum Gasteiger partial charge on any atom is 0.0731 e. The molecule has 2 aliphatic carbocycles. The highest BCUT2D eigenvalue weighted by Crippen LogP contribution is 2.65. The topological polar surface area (TPSA) is 3.24 Å². The molecular formula is C51H31NS. The van der Waals surface area contributed by atoms with E-state index in [9.17, 15) is 0 Å². The Morgan fingerprint density at radius 2 is 1.00 bits per heavy atom. The Balaban J connectivity index is 1.14. The molecule has 0 saturated heterocycles. The van der Waals surface area contributed by atoms with Gasteiger partial charge in [-0.25, -0.2) is 0 Å². The molecule has 0 fully saturated rings. The second kappa shape index (κ2) is 10.8. The molecule has 0 bridgehead atoms. The Morgan fingerprint density at radius 3 is 1.83 bits per heavy atom. The highest BCUT2D eigenvalue weighted by atomic mass is 32.1. The van der Waals surface area contributed by atoms with Crippen molar-refractivity contribution in [3.63, 3.8) is 0 Å². The molecule has 0 saturated carbocycles. The molecule has 10 aromatic rings. The Bertz CT molecular complexity index is 3090. The minimum absolute atomic E-state index is 0.424. The van der Waals surface area contributed by atoms with Crippen LogP contribution < -0.4 is 4.90 Å². The minimum Gasteiger partial charge on any atom is -0.310 e. The van der Waals surface area contributed by atoms with Crippen LogP contribution >= 0.6 is 11.3 Å². The van der Waals surface area contributed by atoms with E-state index >= 15 is 0 Å². The third-order valence-corrected chi connectivity index (χ3v) is 13.0. The van der Waals surface area contributed by atoms with Crippen LogP contribution in [0.2, 0.25) is 0 Å². The fourth-order valence-electron chi connectivity index (χ4n) is 9.75. The zero-order valence-corrected chi connectivity index (χ0v) is 29.6. The molecule has 0 amide bonds. The smallest absolute Gasteiger partial charge is 0.0731 e. The van der Waals surface area contributed by atoms with Crippen molar-refractivity contribution < 1.29 is 0 Å². The molecular weight excluding hydrogens is 659 g/mol.